The number of rotatable bonds is 3. The van der Waals surface area contributed by atoms with E-state index in [0.29, 0.717) is 18.4 Å². The first-order valence-corrected chi connectivity index (χ1v) is 7.49. The Labute approximate surface area is 124 Å². The van der Waals surface area contributed by atoms with Crippen LogP contribution in [0.1, 0.15) is 42.1 Å². The van der Waals surface area contributed by atoms with Crippen LogP contribution in [0.15, 0.2) is 18.2 Å². The Morgan fingerprint density at radius 3 is 3.05 bits per heavy atom. The maximum atomic E-state index is 12.3. The molecule has 0 bridgehead atoms. The summed E-state index contributed by atoms with van der Waals surface area (Å²) in [6.45, 7) is 2.76. The van der Waals surface area contributed by atoms with Gasteiger partial charge in [-0.25, -0.2) is 0 Å². The van der Waals surface area contributed by atoms with Gasteiger partial charge in [-0.15, -0.1) is 0 Å². The number of anilines is 1. The van der Waals surface area contributed by atoms with Gasteiger partial charge < -0.3 is 15.4 Å². The molecule has 21 heavy (non-hydrogen) atoms. The maximum absolute atomic E-state index is 12.3. The van der Waals surface area contributed by atoms with Crippen LogP contribution in [0, 0.1) is 0 Å². The molecule has 1 aromatic carbocycles. The van der Waals surface area contributed by atoms with Gasteiger partial charge in [0.2, 0.25) is 5.91 Å². The fourth-order valence-electron chi connectivity index (χ4n) is 2.90. The van der Waals surface area contributed by atoms with Gasteiger partial charge in [0.15, 0.2) is 0 Å². The van der Waals surface area contributed by atoms with E-state index in [0.717, 1.165) is 30.7 Å². The minimum Gasteiger partial charge on any atom is -0.376 e. The number of carbonyl (C=O) groups is 2. The van der Waals surface area contributed by atoms with Crippen molar-refractivity contribution in [2.24, 2.45) is 0 Å². The molecule has 112 valence electrons. The largest absolute Gasteiger partial charge is 0.376 e. The highest BCUT2D eigenvalue weighted by molar-refractivity contribution is 5.98. The molecule has 2 amide bonds. The number of hydrogen-bond acceptors (Lipinski definition) is 3. The molecule has 0 aliphatic carbocycles. The molecule has 2 aliphatic rings. The van der Waals surface area contributed by atoms with Gasteiger partial charge in [-0.2, -0.15) is 0 Å². The molecule has 0 radical (unpaired) electrons. The molecule has 5 heteroatoms. The van der Waals surface area contributed by atoms with E-state index in [9.17, 15) is 9.59 Å². The van der Waals surface area contributed by atoms with Gasteiger partial charge in [-0.05, 0) is 49.9 Å². The average Bonchev–Trinajstić information content (AvgIpc) is 3.01. The normalized spacial score (nSPS) is 22.3. The Hall–Kier alpha value is -1.88. The van der Waals surface area contributed by atoms with Crippen LogP contribution in [0.3, 0.4) is 0 Å². The summed E-state index contributed by atoms with van der Waals surface area (Å²) in [6.07, 6.45) is 3.33. The molecule has 1 saturated heterocycles. The zero-order valence-corrected chi connectivity index (χ0v) is 12.1. The molecular formula is C16H20N2O3. The molecule has 3 rings (SSSR count). The molecule has 1 fully saturated rings. The fourth-order valence-corrected chi connectivity index (χ4v) is 2.90. The molecule has 5 nitrogen and oxygen atoms in total. The summed E-state index contributed by atoms with van der Waals surface area (Å²) in [5.41, 5.74) is 2.47. The Bertz CT molecular complexity index is 565. The van der Waals surface area contributed by atoms with Crippen molar-refractivity contribution in [1.82, 2.24) is 5.32 Å². The summed E-state index contributed by atoms with van der Waals surface area (Å²) >= 11 is 0. The Morgan fingerprint density at radius 2 is 2.29 bits per heavy atom. The van der Waals surface area contributed by atoms with Crippen LogP contribution in [0.25, 0.3) is 0 Å². The van der Waals surface area contributed by atoms with Crippen LogP contribution in [-0.4, -0.2) is 30.6 Å². The fraction of sp³-hybridized carbons (Fsp3) is 0.500. The van der Waals surface area contributed by atoms with Gasteiger partial charge in [-0.3, -0.25) is 9.59 Å². The molecule has 0 saturated carbocycles. The molecular weight excluding hydrogens is 268 g/mol. The first-order valence-electron chi connectivity index (χ1n) is 7.49. The predicted molar refractivity (Wildman–Crippen MR) is 79.3 cm³/mol. The van der Waals surface area contributed by atoms with Crippen LogP contribution >= 0.6 is 0 Å². The Kier molecular flexibility index (Phi) is 3.92. The molecule has 0 unspecified atom stereocenters. The Balaban J connectivity index is 1.68. The van der Waals surface area contributed by atoms with Crippen molar-refractivity contribution >= 4 is 17.5 Å². The summed E-state index contributed by atoms with van der Waals surface area (Å²) < 4.78 is 5.59. The quantitative estimate of drug-likeness (QED) is 0.892. The van der Waals surface area contributed by atoms with Gasteiger partial charge in [0.05, 0.1) is 12.1 Å². The number of ether oxygens (including phenoxy) is 1. The van der Waals surface area contributed by atoms with Gasteiger partial charge in [-0.1, -0.05) is 0 Å². The number of amides is 2. The smallest absolute Gasteiger partial charge is 0.251 e. The van der Waals surface area contributed by atoms with Gasteiger partial charge in [0.25, 0.3) is 5.91 Å². The number of aryl methyl sites for hydroxylation is 1. The lowest BCUT2D eigenvalue weighted by atomic mass is 10.00. The van der Waals surface area contributed by atoms with E-state index in [-0.39, 0.29) is 24.0 Å². The lowest BCUT2D eigenvalue weighted by Crippen LogP contribution is -2.40. The van der Waals surface area contributed by atoms with Crippen molar-refractivity contribution in [3.63, 3.8) is 0 Å². The monoisotopic (exact) mass is 288 g/mol. The van der Waals surface area contributed by atoms with E-state index >= 15 is 0 Å². The number of fused-ring (bicyclic) bond motifs is 1. The van der Waals surface area contributed by atoms with Crippen LogP contribution in [0.2, 0.25) is 0 Å². The average molecular weight is 288 g/mol. The zero-order valence-electron chi connectivity index (χ0n) is 12.1. The molecule has 2 N–H and O–H groups in total. The lowest BCUT2D eigenvalue weighted by Gasteiger charge is -2.21. The van der Waals surface area contributed by atoms with Crippen molar-refractivity contribution in [3.8, 4) is 0 Å². The third-order valence-corrected chi connectivity index (χ3v) is 4.14. The second-order valence-corrected chi connectivity index (χ2v) is 5.73. The van der Waals surface area contributed by atoms with Gasteiger partial charge in [0.1, 0.15) is 0 Å². The topological polar surface area (TPSA) is 67.4 Å². The number of benzene rings is 1. The van der Waals surface area contributed by atoms with E-state index in [1.165, 1.54) is 0 Å². The van der Waals surface area contributed by atoms with Crippen molar-refractivity contribution in [1.29, 1.82) is 0 Å². The molecule has 2 aliphatic heterocycles. The molecule has 0 spiro atoms. The number of hydrogen-bond donors (Lipinski definition) is 2. The van der Waals surface area contributed by atoms with Crippen LogP contribution in [0.5, 0.6) is 0 Å². The SMILES string of the molecule is C[C@H](NC(=O)c1ccc2c(c1)CCC(=O)N2)[C@@H]1CCCO1. The third kappa shape index (κ3) is 3.08. The highest BCUT2D eigenvalue weighted by Gasteiger charge is 2.24. The van der Waals surface area contributed by atoms with Crippen molar-refractivity contribution in [2.75, 3.05) is 11.9 Å². The first kappa shape index (κ1) is 14.1. The summed E-state index contributed by atoms with van der Waals surface area (Å²) in [5, 5.41) is 5.82. The van der Waals surface area contributed by atoms with E-state index in [1.807, 2.05) is 13.0 Å². The maximum Gasteiger partial charge on any atom is 0.251 e. The number of carbonyl (C=O) groups excluding carboxylic acids is 2. The van der Waals surface area contributed by atoms with E-state index in [1.54, 1.807) is 12.1 Å². The predicted octanol–water partition coefficient (Wildman–Crippen LogP) is 1.87. The van der Waals surface area contributed by atoms with Gasteiger partial charge >= 0.3 is 0 Å². The van der Waals surface area contributed by atoms with Crippen molar-refractivity contribution in [3.05, 3.63) is 29.3 Å². The molecule has 2 heterocycles. The van der Waals surface area contributed by atoms with Crippen molar-refractivity contribution < 1.29 is 14.3 Å². The van der Waals surface area contributed by atoms with Crippen molar-refractivity contribution in [2.45, 2.75) is 44.8 Å². The van der Waals surface area contributed by atoms with Crippen LogP contribution in [-0.2, 0) is 16.0 Å². The van der Waals surface area contributed by atoms with E-state index in [4.69, 9.17) is 4.74 Å². The standard InChI is InChI=1S/C16H20N2O3/c1-10(14-3-2-8-21-14)17-16(20)12-4-6-13-11(9-12)5-7-15(19)18-13/h4,6,9-10,14H,2-3,5,7-8H2,1H3,(H,17,20)(H,18,19)/t10-,14-/m0/s1. The second kappa shape index (κ2) is 5.85. The summed E-state index contributed by atoms with van der Waals surface area (Å²) in [7, 11) is 0. The summed E-state index contributed by atoms with van der Waals surface area (Å²) in [5.74, 6) is -0.0515. The molecule has 2 atom stereocenters. The minimum atomic E-state index is -0.0855. The van der Waals surface area contributed by atoms with Crippen LogP contribution < -0.4 is 10.6 Å². The summed E-state index contributed by atoms with van der Waals surface area (Å²) in [6, 6.07) is 5.43. The molecule has 0 aromatic heterocycles. The third-order valence-electron chi connectivity index (χ3n) is 4.14. The summed E-state index contributed by atoms with van der Waals surface area (Å²) in [4.78, 5) is 23.6. The van der Waals surface area contributed by atoms with Gasteiger partial charge in [0, 0.05) is 24.3 Å². The number of nitrogens with one attached hydrogen (secondary N) is 2. The highest BCUT2D eigenvalue weighted by Crippen LogP contribution is 2.24. The Morgan fingerprint density at radius 1 is 1.43 bits per heavy atom. The first-order chi connectivity index (χ1) is 10.1. The zero-order chi connectivity index (χ0) is 14.8. The lowest BCUT2D eigenvalue weighted by molar-refractivity contribution is -0.116. The van der Waals surface area contributed by atoms with Crippen LogP contribution in [0.4, 0.5) is 5.69 Å². The highest BCUT2D eigenvalue weighted by atomic mass is 16.5. The van der Waals surface area contributed by atoms with E-state index < -0.39 is 0 Å². The second-order valence-electron chi connectivity index (χ2n) is 5.73. The minimum absolute atomic E-state index is 0.00994. The van der Waals surface area contributed by atoms with E-state index in [2.05, 4.69) is 10.6 Å². The molecule has 1 aromatic rings.